The number of hydrogen-bond donors (Lipinski definition) is 0. The Morgan fingerprint density at radius 2 is 1.80 bits per heavy atom. The molecular weight excluding hydrogens is 380 g/mol. The Labute approximate surface area is 172 Å². The van der Waals surface area contributed by atoms with E-state index in [-0.39, 0.29) is 35.5 Å². The van der Waals surface area contributed by atoms with Crippen molar-refractivity contribution in [3.05, 3.63) is 70.3 Å². The fourth-order valence-electron chi connectivity index (χ4n) is 5.58. The third-order valence-electron chi connectivity index (χ3n) is 6.79. The van der Waals surface area contributed by atoms with Crippen LogP contribution < -0.4 is 10.5 Å². The number of rotatable bonds is 0. The van der Waals surface area contributed by atoms with Gasteiger partial charge in [0.2, 0.25) is 11.8 Å². The van der Waals surface area contributed by atoms with E-state index in [2.05, 4.69) is 0 Å². The van der Waals surface area contributed by atoms with E-state index in [1.165, 1.54) is 6.92 Å². The molecule has 2 amide bonds. The number of nitrogens with zero attached hydrogens (tertiary/aromatic N) is 4. The van der Waals surface area contributed by atoms with E-state index < -0.39 is 6.04 Å². The lowest BCUT2D eigenvalue weighted by atomic mass is 9.96. The summed E-state index contributed by atoms with van der Waals surface area (Å²) in [5, 5.41) is 0.517. The van der Waals surface area contributed by atoms with E-state index in [0.29, 0.717) is 23.1 Å². The van der Waals surface area contributed by atoms with Gasteiger partial charge in [0.25, 0.3) is 5.56 Å². The van der Waals surface area contributed by atoms with Crippen molar-refractivity contribution < 1.29 is 9.59 Å². The van der Waals surface area contributed by atoms with Crippen LogP contribution in [-0.2, 0) is 9.59 Å². The summed E-state index contributed by atoms with van der Waals surface area (Å²) < 4.78 is 1.55. The molecule has 3 aliphatic rings. The minimum absolute atomic E-state index is 0.00109. The molecule has 150 valence electrons. The Kier molecular flexibility index (Phi) is 3.35. The first-order valence-corrected chi connectivity index (χ1v) is 10.2. The molecule has 0 bridgehead atoms. The van der Waals surface area contributed by atoms with Crippen LogP contribution in [0.2, 0.25) is 0 Å². The molecule has 4 heterocycles. The van der Waals surface area contributed by atoms with Gasteiger partial charge in [0.05, 0.1) is 16.9 Å². The van der Waals surface area contributed by atoms with Crippen molar-refractivity contribution in [2.75, 3.05) is 4.90 Å². The lowest BCUT2D eigenvalue weighted by Gasteiger charge is -2.41. The molecule has 2 aromatic carbocycles. The largest absolute Gasteiger partial charge is 0.309 e. The molecule has 3 aromatic rings. The Morgan fingerprint density at radius 3 is 2.60 bits per heavy atom. The molecule has 0 spiro atoms. The van der Waals surface area contributed by atoms with Crippen molar-refractivity contribution >= 4 is 28.4 Å². The molecule has 3 aliphatic heterocycles. The van der Waals surface area contributed by atoms with E-state index in [0.717, 1.165) is 11.3 Å². The van der Waals surface area contributed by atoms with Crippen molar-refractivity contribution in [3.8, 4) is 0 Å². The first kappa shape index (κ1) is 17.4. The summed E-state index contributed by atoms with van der Waals surface area (Å²) in [5.74, 6) is 0.381. The molecule has 1 saturated heterocycles. The van der Waals surface area contributed by atoms with E-state index in [1.807, 2.05) is 42.5 Å². The first-order chi connectivity index (χ1) is 14.5. The van der Waals surface area contributed by atoms with Crippen LogP contribution in [-0.4, -0.2) is 32.4 Å². The summed E-state index contributed by atoms with van der Waals surface area (Å²) in [6.45, 7) is 3.28. The molecule has 0 saturated carbocycles. The average molecular weight is 400 g/mol. The normalized spacial score (nSPS) is 26.4. The lowest BCUT2D eigenvalue weighted by Crippen LogP contribution is -2.55. The molecule has 1 aromatic heterocycles. The predicted molar refractivity (Wildman–Crippen MR) is 111 cm³/mol. The third-order valence-corrected chi connectivity index (χ3v) is 6.79. The van der Waals surface area contributed by atoms with Gasteiger partial charge in [0, 0.05) is 18.5 Å². The molecule has 6 rings (SSSR count). The van der Waals surface area contributed by atoms with Crippen molar-refractivity contribution in [3.63, 3.8) is 0 Å². The number of fused-ring (bicyclic) bond motifs is 8. The van der Waals surface area contributed by atoms with Gasteiger partial charge >= 0.3 is 0 Å². The fraction of sp³-hybridized carbons (Fsp3) is 0.304. The number of anilines is 1. The third kappa shape index (κ3) is 1.99. The maximum absolute atomic E-state index is 13.5. The number of benzene rings is 2. The highest BCUT2D eigenvalue weighted by Gasteiger charge is 2.57. The van der Waals surface area contributed by atoms with Gasteiger partial charge < -0.3 is 4.90 Å². The van der Waals surface area contributed by atoms with Crippen molar-refractivity contribution in [1.82, 2.24) is 14.5 Å². The summed E-state index contributed by atoms with van der Waals surface area (Å²) in [6, 6.07) is 14.1. The first-order valence-electron chi connectivity index (χ1n) is 10.2. The fourth-order valence-corrected chi connectivity index (χ4v) is 5.58. The molecular formula is C23H20N4O3. The Bertz CT molecular complexity index is 1310. The van der Waals surface area contributed by atoms with Gasteiger partial charge in [-0.1, -0.05) is 30.3 Å². The summed E-state index contributed by atoms with van der Waals surface area (Å²) in [6.07, 6.45) is 0.256. The molecule has 0 radical (unpaired) electrons. The van der Waals surface area contributed by atoms with Crippen molar-refractivity contribution in [1.29, 1.82) is 0 Å². The van der Waals surface area contributed by atoms with Crippen LogP contribution in [0.1, 0.15) is 49.7 Å². The smallest absolute Gasteiger partial charge is 0.262 e. The average Bonchev–Trinajstić information content (AvgIpc) is 3.27. The lowest BCUT2D eigenvalue weighted by molar-refractivity contribution is -0.140. The topological polar surface area (TPSA) is 75.5 Å². The molecule has 0 unspecified atom stereocenters. The summed E-state index contributed by atoms with van der Waals surface area (Å²) >= 11 is 0. The zero-order valence-electron chi connectivity index (χ0n) is 16.6. The predicted octanol–water partition coefficient (Wildman–Crippen LogP) is 2.72. The van der Waals surface area contributed by atoms with E-state index in [1.54, 1.807) is 27.4 Å². The van der Waals surface area contributed by atoms with Gasteiger partial charge in [-0.2, -0.15) is 0 Å². The van der Waals surface area contributed by atoms with Crippen LogP contribution in [0.3, 0.4) is 0 Å². The Balaban J connectivity index is 1.59. The number of hydrogen-bond acceptors (Lipinski definition) is 4. The monoisotopic (exact) mass is 400 g/mol. The van der Waals surface area contributed by atoms with Crippen LogP contribution in [0.4, 0.5) is 5.69 Å². The van der Waals surface area contributed by atoms with Gasteiger partial charge in [0.1, 0.15) is 18.0 Å². The molecule has 0 aliphatic carbocycles. The maximum Gasteiger partial charge on any atom is 0.262 e. The standard InChI is InChI=1S/C23H20N4O3/c1-12-22(29)27-19(20-24-17-9-5-3-8-15(17)23(30)25(12)20)11-16-14-7-4-6-10-18(14)26(13(2)28)21(16)27/h3-10,12,16,19,21H,11H2,1-2H3/t12-,16+,19+,21+/m0/s1. The second-order valence-electron chi connectivity index (χ2n) is 8.30. The van der Waals surface area contributed by atoms with Gasteiger partial charge in [-0.3, -0.25) is 23.9 Å². The van der Waals surface area contributed by atoms with Gasteiger partial charge in [-0.05, 0) is 37.1 Å². The summed E-state index contributed by atoms with van der Waals surface area (Å²) in [7, 11) is 0. The zero-order valence-corrected chi connectivity index (χ0v) is 16.6. The number of para-hydroxylation sites is 2. The SMILES string of the molecule is CC(=O)N1c2ccccc2[C@H]2C[C@@H]3c4nc5ccccc5c(=O)n4[C@@H](C)C(=O)N3[C@H]21. The van der Waals surface area contributed by atoms with E-state index >= 15 is 0 Å². The van der Waals surface area contributed by atoms with Crippen LogP contribution in [0, 0.1) is 0 Å². The molecule has 4 atom stereocenters. The molecule has 7 heteroatoms. The molecule has 30 heavy (non-hydrogen) atoms. The summed E-state index contributed by atoms with van der Waals surface area (Å²) in [5.41, 5.74) is 2.39. The molecule has 7 nitrogen and oxygen atoms in total. The Morgan fingerprint density at radius 1 is 1.07 bits per heavy atom. The van der Waals surface area contributed by atoms with Crippen LogP contribution in [0.15, 0.2) is 53.3 Å². The second kappa shape index (κ2) is 5.78. The number of amides is 2. The highest BCUT2D eigenvalue weighted by molar-refractivity contribution is 5.97. The molecule has 1 fully saturated rings. The minimum atomic E-state index is -0.669. The number of aromatic nitrogens is 2. The Hall–Kier alpha value is -3.48. The number of carbonyl (C=O) groups excluding carboxylic acids is 2. The van der Waals surface area contributed by atoms with E-state index in [9.17, 15) is 14.4 Å². The highest BCUT2D eigenvalue weighted by atomic mass is 16.2. The van der Waals surface area contributed by atoms with Crippen LogP contribution >= 0.6 is 0 Å². The minimum Gasteiger partial charge on any atom is -0.309 e. The van der Waals surface area contributed by atoms with Gasteiger partial charge in [-0.15, -0.1) is 0 Å². The van der Waals surface area contributed by atoms with Crippen molar-refractivity contribution in [2.24, 2.45) is 0 Å². The number of carbonyl (C=O) groups is 2. The van der Waals surface area contributed by atoms with Crippen LogP contribution in [0.25, 0.3) is 10.9 Å². The quantitative estimate of drug-likeness (QED) is 0.582. The van der Waals surface area contributed by atoms with E-state index in [4.69, 9.17) is 4.98 Å². The van der Waals surface area contributed by atoms with Crippen LogP contribution in [0.5, 0.6) is 0 Å². The maximum atomic E-state index is 13.5. The van der Waals surface area contributed by atoms with Crippen molar-refractivity contribution in [2.45, 2.75) is 44.4 Å². The van der Waals surface area contributed by atoms with Gasteiger partial charge in [0.15, 0.2) is 0 Å². The van der Waals surface area contributed by atoms with Gasteiger partial charge in [-0.25, -0.2) is 4.98 Å². The second-order valence-corrected chi connectivity index (χ2v) is 8.30. The zero-order chi connectivity index (χ0) is 20.7. The summed E-state index contributed by atoms with van der Waals surface area (Å²) in [4.78, 5) is 47.7. The molecule has 0 N–H and O–H groups in total. The highest BCUT2D eigenvalue weighted by Crippen LogP contribution is 2.55.